The zero-order valence-electron chi connectivity index (χ0n) is 17.7. The quantitative estimate of drug-likeness (QED) is 0.293. The molecule has 0 amide bonds. The Balaban J connectivity index is -0.000000308. The Morgan fingerprint density at radius 3 is 0.960 bits per heavy atom. The van der Waals surface area contributed by atoms with Gasteiger partial charge in [-0.15, -0.1) is 24.2 Å². The molecule has 0 aliphatic carbocycles. The van der Waals surface area contributed by atoms with Crippen molar-refractivity contribution in [3.8, 4) is 0 Å². The van der Waals surface area contributed by atoms with Crippen LogP contribution in [0.5, 0.6) is 0 Å². The van der Waals surface area contributed by atoms with E-state index >= 15 is 0 Å². The predicted octanol–water partition coefficient (Wildman–Crippen LogP) is 7.17. The molecule has 0 saturated carbocycles. The monoisotopic (exact) mass is 521 g/mol. The SMILES string of the molecule is CC(C)[N-]/C=C\[N-]C(C)C.CC(C)[N-]/C=C\[N-]C(C)C.CCC[N]=[W]. The summed E-state index contributed by atoms with van der Waals surface area (Å²) in [6.07, 6.45) is 8.22. The van der Waals surface area contributed by atoms with Crippen LogP contribution >= 0.6 is 0 Å². The van der Waals surface area contributed by atoms with E-state index in [1.165, 1.54) is 26.1 Å². The predicted molar refractivity (Wildman–Crippen MR) is 110 cm³/mol. The van der Waals surface area contributed by atoms with Crippen molar-refractivity contribution in [2.75, 3.05) is 6.54 Å². The van der Waals surface area contributed by atoms with E-state index in [0.29, 0.717) is 24.2 Å². The standard InChI is InChI=1S/2C8H16N2.C3H7N.W/c2*1-7(2)9-5-6-10-8(3)4;1-2-3-4;/h2*5-8H,1-4H3;2-3H2,1H3;/q2*-2;;/b2*6-5-;;. The van der Waals surface area contributed by atoms with Gasteiger partial charge in [0.2, 0.25) is 0 Å². The van der Waals surface area contributed by atoms with Crippen LogP contribution < -0.4 is 0 Å². The fourth-order valence-electron chi connectivity index (χ4n) is 0.934. The zero-order chi connectivity index (χ0) is 20.1. The summed E-state index contributed by atoms with van der Waals surface area (Å²) in [5, 5.41) is 16.5. The summed E-state index contributed by atoms with van der Waals surface area (Å²) in [5.74, 6) is 0. The van der Waals surface area contributed by atoms with Crippen molar-refractivity contribution in [2.45, 2.75) is 92.9 Å². The van der Waals surface area contributed by atoms with E-state index < -0.39 is 0 Å². The van der Waals surface area contributed by atoms with Gasteiger partial charge in [-0.3, -0.25) is 0 Å². The molecule has 6 heteroatoms. The number of hydrogen-bond donors (Lipinski definition) is 0. The van der Waals surface area contributed by atoms with Gasteiger partial charge in [0.15, 0.2) is 0 Å². The summed E-state index contributed by atoms with van der Waals surface area (Å²) in [5.41, 5.74) is 0. The second-order valence-electron chi connectivity index (χ2n) is 6.42. The van der Waals surface area contributed by atoms with Gasteiger partial charge in [0.1, 0.15) is 0 Å². The molecule has 0 bridgehead atoms. The Morgan fingerprint density at radius 1 is 0.640 bits per heavy atom. The van der Waals surface area contributed by atoms with Gasteiger partial charge in [0, 0.05) is 0 Å². The first kappa shape index (κ1) is 29.0. The van der Waals surface area contributed by atoms with Crippen molar-refractivity contribution >= 4 is 0 Å². The van der Waals surface area contributed by atoms with Crippen molar-refractivity contribution in [2.24, 2.45) is 3.50 Å². The van der Waals surface area contributed by atoms with Crippen molar-refractivity contribution in [3.05, 3.63) is 46.1 Å². The van der Waals surface area contributed by atoms with Crippen LogP contribution in [0, 0.1) is 0 Å². The van der Waals surface area contributed by atoms with Gasteiger partial charge >= 0.3 is 43.0 Å². The van der Waals surface area contributed by atoms with Crippen molar-refractivity contribution in [1.29, 1.82) is 0 Å². The van der Waals surface area contributed by atoms with E-state index in [2.05, 4.69) is 31.7 Å². The maximum absolute atomic E-state index is 4.12. The van der Waals surface area contributed by atoms with Crippen LogP contribution in [0.15, 0.2) is 28.3 Å². The molecule has 0 aromatic heterocycles. The van der Waals surface area contributed by atoms with Crippen LogP contribution in [0.4, 0.5) is 0 Å². The molecule has 0 fully saturated rings. The Labute approximate surface area is 168 Å². The van der Waals surface area contributed by atoms with Crippen LogP contribution in [0.2, 0.25) is 0 Å². The third kappa shape index (κ3) is 45.1. The molecule has 0 spiro atoms. The van der Waals surface area contributed by atoms with E-state index in [9.17, 15) is 0 Å². The topological polar surface area (TPSA) is 68.8 Å². The molecule has 25 heavy (non-hydrogen) atoms. The molecule has 0 N–H and O–H groups in total. The zero-order valence-corrected chi connectivity index (χ0v) is 20.6. The number of rotatable bonds is 10. The van der Waals surface area contributed by atoms with E-state index in [0.717, 1.165) is 6.54 Å². The first-order valence-corrected chi connectivity index (χ1v) is 10.4. The number of hydrogen-bond acceptors (Lipinski definition) is 1. The summed E-state index contributed by atoms with van der Waals surface area (Å²) in [4.78, 5) is 0. The van der Waals surface area contributed by atoms with E-state index in [1.807, 2.05) is 55.4 Å². The third-order valence-electron chi connectivity index (χ3n) is 1.99. The van der Waals surface area contributed by atoms with Crippen molar-refractivity contribution in [1.82, 2.24) is 0 Å². The van der Waals surface area contributed by atoms with E-state index in [1.54, 1.807) is 24.8 Å². The summed E-state index contributed by atoms with van der Waals surface area (Å²) >= 11 is 1.35. The minimum absolute atomic E-state index is 0.374. The van der Waals surface area contributed by atoms with Crippen LogP contribution in [0.25, 0.3) is 21.3 Å². The van der Waals surface area contributed by atoms with Gasteiger partial charge in [-0.05, 0) is 0 Å². The Morgan fingerprint density at radius 2 is 0.880 bits per heavy atom. The summed E-state index contributed by atoms with van der Waals surface area (Å²) in [6.45, 7) is 19.5. The molecule has 150 valence electrons. The Kier molecular flexibility index (Phi) is 26.8. The van der Waals surface area contributed by atoms with Crippen LogP contribution in [0.1, 0.15) is 68.7 Å². The maximum atomic E-state index is 4.12. The molecule has 0 rings (SSSR count). The van der Waals surface area contributed by atoms with Gasteiger partial charge in [-0.2, -0.15) is 0 Å². The second kappa shape index (κ2) is 23.2. The molecule has 0 heterocycles. The Bertz CT molecular complexity index is 263. The van der Waals surface area contributed by atoms with Crippen molar-refractivity contribution in [3.63, 3.8) is 0 Å². The first-order valence-electron chi connectivity index (χ1n) is 9.06. The minimum atomic E-state index is 0.374. The average Bonchev–Trinajstić information content (AvgIpc) is 2.49. The van der Waals surface area contributed by atoms with E-state index in [-0.39, 0.29) is 0 Å². The molecule has 0 aliphatic rings. The molecule has 0 saturated heterocycles. The summed E-state index contributed by atoms with van der Waals surface area (Å²) in [6, 6.07) is 1.49. The molecule has 0 aliphatic heterocycles. The molecule has 5 nitrogen and oxygen atoms in total. The average molecular weight is 521 g/mol. The van der Waals surface area contributed by atoms with E-state index in [4.69, 9.17) is 0 Å². The second-order valence-corrected chi connectivity index (χ2v) is 7.35. The summed E-state index contributed by atoms with van der Waals surface area (Å²) < 4.78 is 3.94. The molecule has 0 aromatic rings. The number of nitrogens with zero attached hydrogens (tertiary/aromatic N) is 5. The fourth-order valence-corrected chi connectivity index (χ4v) is 1.59. The summed E-state index contributed by atoms with van der Waals surface area (Å²) in [7, 11) is 0. The molecular weight excluding hydrogens is 482 g/mol. The van der Waals surface area contributed by atoms with Crippen LogP contribution in [-0.4, -0.2) is 30.7 Å². The normalized spacial score (nSPS) is 10.6. The van der Waals surface area contributed by atoms with Gasteiger partial charge in [0.05, 0.1) is 0 Å². The molecule has 0 atom stereocenters. The van der Waals surface area contributed by atoms with Gasteiger partial charge in [0.25, 0.3) is 0 Å². The Hall–Kier alpha value is -0.832. The van der Waals surface area contributed by atoms with Gasteiger partial charge in [-0.1, -0.05) is 55.4 Å². The van der Waals surface area contributed by atoms with Crippen LogP contribution in [0.3, 0.4) is 0 Å². The first-order chi connectivity index (χ1) is 11.7. The van der Waals surface area contributed by atoms with Gasteiger partial charge in [-0.25, -0.2) is 24.8 Å². The van der Waals surface area contributed by atoms with Crippen molar-refractivity contribution < 1.29 is 19.6 Å². The van der Waals surface area contributed by atoms with Crippen LogP contribution in [-0.2, 0) is 19.6 Å². The third-order valence-corrected chi connectivity index (χ3v) is 2.64. The molecule has 0 aromatic carbocycles. The van der Waals surface area contributed by atoms with Gasteiger partial charge < -0.3 is 21.3 Å². The molecule has 0 radical (unpaired) electrons. The molecule has 0 unspecified atom stereocenters. The fraction of sp³-hybridized carbons (Fsp3) is 0.789. The molecular formula is C19H39N5W-4.